The number of carbonyl (C=O) groups is 2. The van der Waals surface area contributed by atoms with E-state index < -0.39 is 0 Å². The van der Waals surface area contributed by atoms with E-state index in [1.54, 1.807) is 32.4 Å². The van der Waals surface area contributed by atoms with Crippen LogP contribution in [-0.2, 0) is 16.0 Å². The minimum Gasteiger partial charge on any atom is -0.493 e. The van der Waals surface area contributed by atoms with Gasteiger partial charge in [0.05, 0.1) is 20.3 Å². The molecule has 2 aromatic rings. The van der Waals surface area contributed by atoms with Crippen molar-refractivity contribution >= 4 is 17.5 Å². The number of aryl methyl sites for hydroxylation is 1. The summed E-state index contributed by atoms with van der Waals surface area (Å²) in [5.74, 6) is 1.29. The Hall–Kier alpha value is -3.06. The SMILES string of the molecule is COc1ccc(NC(=O)C(C)N2CCN(C(=O)CCCc3ccccc3)CC2)cc1OC. The van der Waals surface area contributed by atoms with Crippen molar-refractivity contribution in [3.05, 3.63) is 54.1 Å². The first-order valence-electron chi connectivity index (χ1n) is 11.1. The molecule has 32 heavy (non-hydrogen) atoms. The molecule has 1 saturated heterocycles. The Morgan fingerprint density at radius 2 is 1.66 bits per heavy atom. The van der Waals surface area contributed by atoms with Gasteiger partial charge in [-0.1, -0.05) is 30.3 Å². The van der Waals surface area contributed by atoms with Gasteiger partial charge in [0.25, 0.3) is 0 Å². The monoisotopic (exact) mass is 439 g/mol. The molecule has 3 rings (SSSR count). The van der Waals surface area contributed by atoms with Crippen molar-refractivity contribution in [1.82, 2.24) is 9.80 Å². The largest absolute Gasteiger partial charge is 0.493 e. The molecule has 1 heterocycles. The first kappa shape index (κ1) is 23.6. The molecule has 0 spiro atoms. The molecule has 0 aromatic heterocycles. The summed E-state index contributed by atoms with van der Waals surface area (Å²) < 4.78 is 10.5. The van der Waals surface area contributed by atoms with Crippen LogP contribution in [0.4, 0.5) is 5.69 Å². The number of benzene rings is 2. The van der Waals surface area contributed by atoms with Crippen molar-refractivity contribution in [3.63, 3.8) is 0 Å². The average molecular weight is 440 g/mol. The van der Waals surface area contributed by atoms with Gasteiger partial charge in [-0.3, -0.25) is 14.5 Å². The van der Waals surface area contributed by atoms with Crippen LogP contribution in [0.3, 0.4) is 0 Å². The van der Waals surface area contributed by atoms with E-state index in [1.165, 1.54) is 5.56 Å². The predicted octanol–water partition coefficient (Wildman–Crippen LogP) is 3.20. The summed E-state index contributed by atoms with van der Waals surface area (Å²) in [4.78, 5) is 29.3. The van der Waals surface area contributed by atoms with Crippen molar-refractivity contribution in [2.75, 3.05) is 45.7 Å². The van der Waals surface area contributed by atoms with Crippen molar-refractivity contribution in [1.29, 1.82) is 0 Å². The zero-order valence-electron chi connectivity index (χ0n) is 19.2. The molecular formula is C25H33N3O4. The maximum absolute atomic E-state index is 12.8. The van der Waals surface area contributed by atoms with Gasteiger partial charge < -0.3 is 19.7 Å². The highest BCUT2D eigenvalue weighted by Crippen LogP contribution is 2.29. The first-order chi connectivity index (χ1) is 15.5. The van der Waals surface area contributed by atoms with Crippen LogP contribution in [-0.4, -0.2) is 68.1 Å². The number of methoxy groups -OCH3 is 2. The standard InChI is InChI=1S/C25H33N3O4/c1-19(25(30)26-21-12-13-22(31-2)23(18-21)32-3)27-14-16-28(17-15-27)24(29)11-7-10-20-8-5-4-6-9-20/h4-6,8-9,12-13,18-19H,7,10-11,14-17H2,1-3H3,(H,26,30). The fraction of sp³-hybridized carbons (Fsp3) is 0.440. The van der Waals surface area contributed by atoms with Crippen LogP contribution in [0.2, 0.25) is 0 Å². The Labute approximate surface area is 190 Å². The Balaban J connectivity index is 1.43. The van der Waals surface area contributed by atoms with Gasteiger partial charge in [-0.25, -0.2) is 0 Å². The van der Waals surface area contributed by atoms with E-state index in [0.717, 1.165) is 12.8 Å². The number of nitrogens with zero attached hydrogens (tertiary/aromatic N) is 2. The molecule has 0 saturated carbocycles. The number of piperazine rings is 1. The van der Waals surface area contributed by atoms with Crippen LogP contribution in [0.5, 0.6) is 11.5 Å². The van der Waals surface area contributed by atoms with E-state index in [0.29, 0.717) is 49.8 Å². The Bertz CT molecular complexity index is 895. The molecule has 2 aromatic carbocycles. The number of hydrogen-bond acceptors (Lipinski definition) is 5. The molecule has 0 aliphatic carbocycles. The van der Waals surface area contributed by atoms with Gasteiger partial charge in [-0.05, 0) is 37.5 Å². The lowest BCUT2D eigenvalue weighted by atomic mass is 10.1. The van der Waals surface area contributed by atoms with Gasteiger partial charge >= 0.3 is 0 Å². The summed E-state index contributed by atoms with van der Waals surface area (Å²) in [6.07, 6.45) is 2.33. The highest BCUT2D eigenvalue weighted by Gasteiger charge is 2.27. The molecule has 2 amide bonds. The van der Waals surface area contributed by atoms with Crippen LogP contribution in [0.1, 0.15) is 25.3 Å². The van der Waals surface area contributed by atoms with Gasteiger partial charge in [0, 0.05) is 44.4 Å². The van der Waals surface area contributed by atoms with Gasteiger partial charge in [-0.2, -0.15) is 0 Å². The quantitative estimate of drug-likeness (QED) is 0.650. The van der Waals surface area contributed by atoms with E-state index in [-0.39, 0.29) is 17.9 Å². The van der Waals surface area contributed by atoms with E-state index in [9.17, 15) is 9.59 Å². The molecule has 1 aliphatic heterocycles. The highest BCUT2D eigenvalue weighted by molar-refractivity contribution is 5.94. The Kier molecular flexibility index (Phi) is 8.50. The number of anilines is 1. The van der Waals surface area contributed by atoms with E-state index >= 15 is 0 Å². The van der Waals surface area contributed by atoms with Gasteiger partial charge in [-0.15, -0.1) is 0 Å². The predicted molar refractivity (Wildman–Crippen MR) is 125 cm³/mol. The molecule has 1 fully saturated rings. The fourth-order valence-corrected chi connectivity index (χ4v) is 3.93. The maximum Gasteiger partial charge on any atom is 0.241 e. The molecular weight excluding hydrogens is 406 g/mol. The normalized spacial score (nSPS) is 15.2. The summed E-state index contributed by atoms with van der Waals surface area (Å²) >= 11 is 0. The molecule has 1 atom stereocenters. The summed E-state index contributed by atoms with van der Waals surface area (Å²) in [7, 11) is 3.14. The molecule has 172 valence electrons. The van der Waals surface area contributed by atoms with Crippen molar-refractivity contribution < 1.29 is 19.1 Å². The highest BCUT2D eigenvalue weighted by atomic mass is 16.5. The number of rotatable bonds is 9. The van der Waals surface area contributed by atoms with Crippen LogP contribution >= 0.6 is 0 Å². The maximum atomic E-state index is 12.8. The Morgan fingerprint density at radius 3 is 2.31 bits per heavy atom. The second-order valence-corrected chi connectivity index (χ2v) is 7.99. The zero-order chi connectivity index (χ0) is 22.9. The molecule has 1 unspecified atom stereocenters. The zero-order valence-corrected chi connectivity index (χ0v) is 19.2. The smallest absolute Gasteiger partial charge is 0.241 e. The van der Waals surface area contributed by atoms with Crippen molar-refractivity contribution in [2.45, 2.75) is 32.2 Å². The van der Waals surface area contributed by atoms with Gasteiger partial charge in [0.15, 0.2) is 11.5 Å². The number of ether oxygens (including phenoxy) is 2. The molecule has 1 aliphatic rings. The number of hydrogen-bond donors (Lipinski definition) is 1. The molecule has 7 nitrogen and oxygen atoms in total. The van der Waals surface area contributed by atoms with Crippen LogP contribution < -0.4 is 14.8 Å². The molecule has 7 heteroatoms. The third-order valence-corrected chi connectivity index (χ3v) is 5.94. The minimum absolute atomic E-state index is 0.0835. The lowest BCUT2D eigenvalue weighted by molar-refractivity contribution is -0.133. The number of carbonyl (C=O) groups excluding carboxylic acids is 2. The Morgan fingerprint density at radius 1 is 0.969 bits per heavy atom. The molecule has 1 N–H and O–H groups in total. The summed E-state index contributed by atoms with van der Waals surface area (Å²) in [5.41, 5.74) is 1.92. The van der Waals surface area contributed by atoms with E-state index in [2.05, 4.69) is 22.3 Å². The van der Waals surface area contributed by atoms with Crippen molar-refractivity contribution in [3.8, 4) is 11.5 Å². The number of amides is 2. The van der Waals surface area contributed by atoms with Crippen molar-refractivity contribution in [2.24, 2.45) is 0 Å². The molecule has 0 bridgehead atoms. The topological polar surface area (TPSA) is 71.1 Å². The van der Waals surface area contributed by atoms with Gasteiger partial charge in [0.2, 0.25) is 11.8 Å². The van der Waals surface area contributed by atoms with Gasteiger partial charge in [0.1, 0.15) is 0 Å². The van der Waals surface area contributed by atoms with Crippen LogP contribution in [0.15, 0.2) is 48.5 Å². The fourth-order valence-electron chi connectivity index (χ4n) is 3.93. The van der Waals surface area contributed by atoms with Crippen LogP contribution in [0, 0.1) is 0 Å². The average Bonchev–Trinajstić information content (AvgIpc) is 2.84. The third-order valence-electron chi connectivity index (χ3n) is 5.94. The second-order valence-electron chi connectivity index (χ2n) is 7.99. The lowest BCUT2D eigenvalue weighted by Gasteiger charge is -2.37. The molecule has 0 radical (unpaired) electrons. The third kappa shape index (κ3) is 6.23. The van der Waals surface area contributed by atoms with Crippen LogP contribution in [0.25, 0.3) is 0 Å². The van der Waals surface area contributed by atoms with E-state index in [1.807, 2.05) is 30.0 Å². The minimum atomic E-state index is -0.293. The second kappa shape index (κ2) is 11.5. The summed E-state index contributed by atoms with van der Waals surface area (Å²) in [6, 6.07) is 15.3. The van der Waals surface area contributed by atoms with E-state index in [4.69, 9.17) is 9.47 Å². The summed E-state index contributed by atoms with van der Waals surface area (Å²) in [6.45, 7) is 4.57. The summed E-state index contributed by atoms with van der Waals surface area (Å²) in [5, 5.41) is 2.95. The lowest BCUT2D eigenvalue weighted by Crippen LogP contribution is -2.54. The first-order valence-corrected chi connectivity index (χ1v) is 11.1. The number of nitrogens with one attached hydrogen (secondary N) is 1.